The van der Waals surface area contributed by atoms with E-state index in [0.29, 0.717) is 29.2 Å². The molecule has 2 rings (SSSR count). The summed E-state index contributed by atoms with van der Waals surface area (Å²) in [5, 5.41) is 0. The van der Waals surface area contributed by atoms with Crippen LogP contribution < -0.4 is 9.47 Å². The Morgan fingerprint density at radius 2 is 1.74 bits per heavy atom. The molecule has 4 heteroatoms. The van der Waals surface area contributed by atoms with Crippen LogP contribution in [0.3, 0.4) is 0 Å². The SMILES string of the molecule is COc1cc(C#CCOCc2ccccc2)c(C=O)cc1OC. The largest absolute Gasteiger partial charge is 0.493 e. The fourth-order valence-corrected chi connectivity index (χ4v) is 2.03. The summed E-state index contributed by atoms with van der Waals surface area (Å²) >= 11 is 0. The predicted molar refractivity (Wildman–Crippen MR) is 87.9 cm³/mol. The molecule has 0 aliphatic rings. The molecule has 0 N–H and O–H groups in total. The van der Waals surface area contributed by atoms with Gasteiger partial charge in [0.15, 0.2) is 17.8 Å². The molecule has 23 heavy (non-hydrogen) atoms. The highest BCUT2D eigenvalue weighted by atomic mass is 16.5. The predicted octanol–water partition coefficient (Wildman–Crippen LogP) is 3.08. The monoisotopic (exact) mass is 310 g/mol. The topological polar surface area (TPSA) is 44.8 Å². The number of carbonyl (C=O) groups is 1. The van der Waals surface area contributed by atoms with E-state index in [-0.39, 0.29) is 6.61 Å². The maximum absolute atomic E-state index is 11.2. The van der Waals surface area contributed by atoms with E-state index in [1.807, 2.05) is 30.3 Å². The summed E-state index contributed by atoms with van der Waals surface area (Å²) in [6.45, 7) is 0.781. The molecule has 118 valence electrons. The molecule has 0 aromatic heterocycles. The molecule has 0 atom stereocenters. The van der Waals surface area contributed by atoms with E-state index in [9.17, 15) is 4.79 Å². The summed E-state index contributed by atoms with van der Waals surface area (Å²) in [4.78, 5) is 11.2. The van der Waals surface area contributed by atoms with Gasteiger partial charge in [0.05, 0.1) is 20.8 Å². The van der Waals surface area contributed by atoms with Crippen molar-refractivity contribution in [1.82, 2.24) is 0 Å². The van der Waals surface area contributed by atoms with Crippen LogP contribution in [0.25, 0.3) is 0 Å². The molecule has 2 aromatic rings. The molecule has 0 aliphatic heterocycles. The van der Waals surface area contributed by atoms with Gasteiger partial charge < -0.3 is 14.2 Å². The molecule has 0 fully saturated rings. The van der Waals surface area contributed by atoms with Crippen molar-refractivity contribution in [1.29, 1.82) is 0 Å². The normalized spacial score (nSPS) is 9.65. The van der Waals surface area contributed by atoms with Gasteiger partial charge in [0.1, 0.15) is 6.61 Å². The Morgan fingerprint density at radius 3 is 2.39 bits per heavy atom. The number of benzene rings is 2. The standard InChI is InChI=1S/C19H18O4/c1-21-18-11-16(17(13-20)12-19(18)22-2)9-6-10-23-14-15-7-4-3-5-8-15/h3-5,7-8,11-13H,10,14H2,1-2H3. The van der Waals surface area contributed by atoms with Crippen molar-refractivity contribution in [3.8, 4) is 23.3 Å². The average molecular weight is 310 g/mol. The fourth-order valence-electron chi connectivity index (χ4n) is 2.03. The molecule has 2 aromatic carbocycles. The first-order valence-electron chi connectivity index (χ1n) is 7.10. The third-order valence-electron chi connectivity index (χ3n) is 3.19. The first-order chi connectivity index (χ1) is 11.3. The van der Waals surface area contributed by atoms with Crippen LogP contribution in [0.5, 0.6) is 11.5 Å². The highest BCUT2D eigenvalue weighted by Gasteiger charge is 2.09. The van der Waals surface area contributed by atoms with E-state index in [0.717, 1.165) is 11.8 Å². The van der Waals surface area contributed by atoms with Crippen LogP contribution in [-0.4, -0.2) is 27.1 Å². The molecule has 0 amide bonds. The van der Waals surface area contributed by atoms with Crippen LogP contribution >= 0.6 is 0 Å². The zero-order valence-electron chi connectivity index (χ0n) is 13.2. The number of rotatable bonds is 6. The maximum Gasteiger partial charge on any atom is 0.162 e. The summed E-state index contributed by atoms with van der Waals surface area (Å²) in [6.07, 6.45) is 0.747. The van der Waals surface area contributed by atoms with E-state index < -0.39 is 0 Å². The van der Waals surface area contributed by atoms with Crippen molar-refractivity contribution in [2.75, 3.05) is 20.8 Å². The van der Waals surface area contributed by atoms with E-state index in [1.165, 1.54) is 7.11 Å². The van der Waals surface area contributed by atoms with Gasteiger partial charge in [-0.15, -0.1) is 0 Å². The van der Waals surface area contributed by atoms with Crippen LogP contribution in [0.1, 0.15) is 21.5 Å². The Labute approximate surface area is 136 Å². The van der Waals surface area contributed by atoms with E-state index >= 15 is 0 Å². The van der Waals surface area contributed by atoms with Crippen LogP contribution in [0.15, 0.2) is 42.5 Å². The van der Waals surface area contributed by atoms with Gasteiger partial charge in [0, 0.05) is 17.2 Å². The lowest BCUT2D eigenvalue weighted by Crippen LogP contribution is -1.96. The van der Waals surface area contributed by atoms with Crippen LogP contribution in [0.4, 0.5) is 0 Å². The highest BCUT2D eigenvalue weighted by molar-refractivity contribution is 5.81. The van der Waals surface area contributed by atoms with Gasteiger partial charge in [-0.05, 0) is 11.6 Å². The number of ether oxygens (including phenoxy) is 3. The van der Waals surface area contributed by atoms with Crippen molar-refractivity contribution in [2.24, 2.45) is 0 Å². The second kappa shape index (κ2) is 8.62. The first-order valence-corrected chi connectivity index (χ1v) is 7.10. The second-order valence-electron chi connectivity index (χ2n) is 4.69. The van der Waals surface area contributed by atoms with Crippen molar-refractivity contribution < 1.29 is 19.0 Å². The summed E-state index contributed by atoms with van der Waals surface area (Å²) in [5.74, 6) is 6.88. The van der Waals surface area contributed by atoms with Gasteiger partial charge in [-0.1, -0.05) is 42.2 Å². The molecule has 0 bridgehead atoms. The molecule has 0 radical (unpaired) electrons. The Bertz CT molecular complexity index is 711. The van der Waals surface area contributed by atoms with Crippen LogP contribution in [0.2, 0.25) is 0 Å². The van der Waals surface area contributed by atoms with Gasteiger partial charge in [0.25, 0.3) is 0 Å². The van der Waals surface area contributed by atoms with E-state index in [4.69, 9.17) is 14.2 Å². The van der Waals surface area contributed by atoms with E-state index in [1.54, 1.807) is 19.2 Å². The maximum atomic E-state index is 11.2. The number of aldehydes is 1. The molecule has 0 aliphatic carbocycles. The molecule has 0 spiro atoms. The van der Waals surface area contributed by atoms with Crippen molar-refractivity contribution in [3.63, 3.8) is 0 Å². The minimum absolute atomic E-state index is 0.279. The van der Waals surface area contributed by atoms with Gasteiger partial charge in [0.2, 0.25) is 0 Å². The van der Waals surface area contributed by atoms with Gasteiger partial charge in [-0.25, -0.2) is 0 Å². The molecule has 0 unspecified atom stereocenters. The lowest BCUT2D eigenvalue weighted by Gasteiger charge is -2.09. The third-order valence-corrected chi connectivity index (χ3v) is 3.19. The number of methoxy groups -OCH3 is 2. The highest BCUT2D eigenvalue weighted by Crippen LogP contribution is 2.29. The minimum Gasteiger partial charge on any atom is -0.493 e. The summed E-state index contributed by atoms with van der Waals surface area (Å²) in [5.41, 5.74) is 2.13. The zero-order valence-corrected chi connectivity index (χ0v) is 13.2. The number of hydrogen-bond acceptors (Lipinski definition) is 4. The van der Waals surface area contributed by atoms with Crippen molar-refractivity contribution in [2.45, 2.75) is 6.61 Å². The fraction of sp³-hybridized carbons (Fsp3) is 0.211. The summed E-state index contributed by atoms with van der Waals surface area (Å²) in [6, 6.07) is 13.2. The van der Waals surface area contributed by atoms with Gasteiger partial charge >= 0.3 is 0 Å². The Balaban J connectivity index is 2.03. The smallest absolute Gasteiger partial charge is 0.162 e. The van der Waals surface area contributed by atoms with Crippen LogP contribution in [-0.2, 0) is 11.3 Å². The van der Waals surface area contributed by atoms with Crippen molar-refractivity contribution in [3.05, 3.63) is 59.2 Å². The minimum atomic E-state index is 0.279. The van der Waals surface area contributed by atoms with Crippen LogP contribution in [0, 0.1) is 11.8 Å². The molecular formula is C19H18O4. The zero-order chi connectivity index (χ0) is 16.5. The van der Waals surface area contributed by atoms with Gasteiger partial charge in [-0.2, -0.15) is 0 Å². The lowest BCUT2D eigenvalue weighted by molar-refractivity contribution is 0.112. The quantitative estimate of drug-likeness (QED) is 0.467. The average Bonchev–Trinajstić information content (AvgIpc) is 2.61. The Morgan fingerprint density at radius 1 is 1.04 bits per heavy atom. The molecule has 0 heterocycles. The van der Waals surface area contributed by atoms with Crippen molar-refractivity contribution >= 4 is 6.29 Å². The third kappa shape index (κ3) is 4.60. The Hall–Kier alpha value is -2.77. The summed E-state index contributed by atoms with van der Waals surface area (Å²) < 4.78 is 15.9. The number of hydrogen-bond donors (Lipinski definition) is 0. The first kappa shape index (κ1) is 16.6. The molecule has 4 nitrogen and oxygen atoms in total. The van der Waals surface area contributed by atoms with Gasteiger partial charge in [-0.3, -0.25) is 4.79 Å². The molecular weight excluding hydrogens is 292 g/mol. The second-order valence-corrected chi connectivity index (χ2v) is 4.69. The lowest BCUT2D eigenvalue weighted by atomic mass is 10.1. The Kier molecular flexibility index (Phi) is 6.22. The molecule has 0 saturated carbocycles. The van der Waals surface area contributed by atoms with E-state index in [2.05, 4.69) is 11.8 Å². The molecule has 0 saturated heterocycles. The summed E-state index contributed by atoms with van der Waals surface area (Å²) in [7, 11) is 3.06. The number of carbonyl (C=O) groups excluding carboxylic acids is 1.